The number of pyridine rings is 1. The van der Waals surface area contributed by atoms with Gasteiger partial charge >= 0.3 is 0 Å². The molecule has 0 unspecified atom stereocenters. The van der Waals surface area contributed by atoms with E-state index >= 15 is 0 Å². The molecule has 0 radical (unpaired) electrons. The van der Waals surface area contributed by atoms with Crippen LogP contribution in [0.2, 0.25) is 0 Å². The molecule has 0 amide bonds. The van der Waals surface area contributed by atoms with Crippen LogP contribution in [0.15, 0.2) is 79.3 Å². The lowest BCUT2D eigenvalue weighted by molar-refractivity contribution is 0.479. The van der Waals surface area contributed by atoms with E-state index in [1.165, 1.54) is 21.5 Å². The van der Waals surface area contributed by atoms with E-state index in [9.17, 15) is 0 Å². The summed E-state index contributed by atoms with van der Waals surface area (Å²) in [5.74, 6) is 2.09. The molecule has 0 N–H and O–H groups in total. The van der Waals surface area contributed by atoms with Gasteiger partial charge in [-0.25, -0.2) is 4.98 Å². The zero-order valence-corrected chi connectivity index (χ0v) is 16.2. The van der Waals surface area contributed by atoms with Gasteiger partial charge in [0.25, 0.3) is 0 Å². The van der Waals surface area contributed by atoms with Gasteiger partial charge in [-0.05, 0) is 42.3 Å². The molecule has 0 fully saturated rings. The Labute approximate surface area is 164 Å². The molecule has 0 aliphatic rings. The lowest BCUT2D eigenvalue weighted by Crippen LogP contribution is -2.18. The Morgan fingerprint density at radius 2 is 1.32 bits per heavy atom. The molecular formula is C23H22N4O. The summed E-state index contributed by atoms with van der Waals surface area (Å²) in [4.78, 5) is 5.80. The fourth-order valence-corrected chi connectivity index (χ4v) is 3.10. The van der Waals surface area contributed by atoms with Gasteiger partial charge in [0.1, 0.15) is 11.5 Å². The Hall–Kier alpha value is -3.47. The number of aromatic nitrogens is 4. The van der Waals surface area contributed by atoms with Gasteiger partial charge in [0.05, 0.1) is 18.6 Å². The minimum Gasteiger partial charge on any atom is -0.456 e. The first kappa shape index (κ1) is 17.9. The second-order valence-electron chi connectivity index (χ2n) is 7.29. The minimum absolute atomic E-state index is 0.0772. The molecule has 2 aromatic carbocycles. The van der Waals surface area contributed by atoms with Crippen molar-refractivity contribution < 1.29 is 4.74 Å². The molecule has 5 nitrogen and oxygen atoms in total. The van der Waals surface area contributed by atoms with Crippen molar-refractivity contribution in [3.63, 3.8) is 0 Å². The fourth-order valence-electron chi connectivity index (χ4n) is 3.10. The number of aryl methyl sites for hydroxylation is 1. The Balaban J connectivity index is 1.49. The van der Waals surface area contributed by atoms with Crippen LogP contribution in [0, 0.1) is 6.92 Å². The maximum atomic E-state index is 5.93. The molecule has 0 aliphatic heterocycles. The molecule has 5 heteroatoms. The van der Waals surface area contributed by atoms with E-state index < -0.39 is 0 Å². The third-order valence-corrected chi connectivity index (χ3v) is 4.93. The first-order chi connectivity index (χ1) is 13.5. The second-order valence-corrected chi connectivity index (χ2v) is 7.29. The van der Waals surface area contributed by atoms with Crippen molar-refractivity contribution in [3.05, 3.63) is 95.9 Å². The van der Waals surface area contributed by atoms with Crippen LogP contribution in [0.5, 0.6) is 11.5 Å². The number of benzene rings is 2. The van der Waals surface area contributed by atoms with E-state index in [4.69, 9.17) is 4.74 Å². The van der Waals surface area contributed by atoms with E-state index in [0.717, 1.165) is 5.75 Å². The predicted molar refractivity (Wildman–Crippen MR) is 109 cm³/mol. The average Bonchev–Trinajstić information content (AvgIpc) is 3.24. The number of hydrogen-bond donors (Lipinski definition) is 0. The highest BCUT2D eigenvalue weighted by Crippen LogP contribution is 2.33. The van der Waals surface area contributed by atoms with Crippen molar-refractivity contribution >= 4 is 0 Å². The molecule has 28 heavy (non-hydrogen) atoms. The minimum atomic E-state index is -0.0772. The average molecular weight is 370 g/mol. The van der Waals surface area contributed by atoms with Crippen molar-refractivity contribution in [1.82, 2.24) is 20.0 Å². The van der Waals surface area contributed by atoms with Gasteiger partial charge in [0.2, 0.25) is 0 Å². The van der Waals surface area contributed by atoms with Crippen LogP contribution in [0.25, 0.3) is 5.82 Å². The third kappa shape index (κ3) is 3.64. The molecule has 4 aromatic rings. The molecule has 140 valence electrons. The van der Waals surface area contributed by atoms with Crippen LogP contribution in [-0.2, 0) is 5.41 Å². The first-order valence-corrected chi connectivity index (χ1v) is 9.21. The topological polar surface area (TPSA) is 52.8 Å². The summed E-state index contributed by atoms with van der Waals surface area (Å²) >= 11 is 0. The predicted octanol–water partition coefficient (Wildman–Crippen LogP) is 5.09. The van der Waals surface area contributed by atoms with Crippen LogP contribution < -0.4 is 4.74 Å². The molecule has 2 aromatic heterocycles. The Bertz CT molecular complexity index is 1040. The van der Waals surface area contributed by atoms with E-state index in [-0.39, 0.29) is 5.41 Å². The van der Waals surface area contributed by atoms with Crippen molar-refractivity contribution in [2.75, 3.05) is 0 Å². The molecule has 0 atom stereocenters. The third-order valence-electron chi connectivity index (χ3n) is 4.93. The maximum absolute atomic E-state index is 5.93. The molecule has 0 saturated carbocycles. The van der Waals surface area contributed by atoms with E-state index in [1.807, 2.05) is 24.3 Å². The normalized spacial score (nSPS) is 11.4. The van der Waals surface area contributed by atoms with Crippen molar-refractivity contribution in [2.45, 2.75) is 26.2 Å². The lowest BCUT2D eigenvalue weighted by atomic mass is 9.78. The fraction of sp³-hybridized carbons (Fsp3) is 0.174. The number of rotatable bonds is 5. The van der Waals surface area contributed by atoms with Crippen LogP contribution >= 0.6 is 0 Å². The van der Waals surface area contributed by atoms with Gasteiger partial charge in [0.15, 0.2) is 5.82 Å². The summed E-state index contributed by atoms with van der Waals surface area (Å²) in [7, 11) is 0. The van der Waals surface area contributed by atoms with Gasteiger partial charge in [-0.2, -0.15) is 10.2 Å². The zero-order valence-electron chi connectivity index (χ0n) is 16.2. The van der Waals surface area contributed by atoms with E-state index in [1.54, 1.807) is 18.6 Å². The van der Waals surface area contributed by atoms with Gasteiger partial charge in [-0.1, -0.05) is 55.8 Å². The Morgan fingerprint density at radius 1 is 0.750 bits per heavy atom. The number of nitrogens with zero attached hydrogens (tertiary/aromatic N) is 4. The zero-order chi connectivity index (χ0) is 19.6. The highest BCUT2D eigenvalue weighted by atomic mass is 16.5. The van der Waals surface area contributed by atoms with E-state index in [2.05, 4.69) is 72.4 Å². The summed E-state index contributed by atoms with van der Waals surface area (Å²) in [5.41, 5.74) is 3.72. The highest BCUT2D eigenvalue weighted by molar-refractivity contribution is 5.41. The largest absolute Gasteiger partial charge is 0.456 e. The molecule has 0 saturated heterocycles. The number of hydrogen-bond acceptors (Lipinski definition) is 4. The van der Waals surface area contributed by atoms with Gasteiger partial charge in [-0.3, -0.25) is 0 Å². The van der Waals surface area contributed by atoms with Gasteiger partial charge < -0.3 is 4.74 Å². The smallest absolute Gasteiger partial charge is 0.174 e. The van der Waals surface area contributed by atoms with Crippen LogP contribution in [0.4, 0.5) is 0 Å². The Kier molecular flexibility index (Phi) is 4.65. The maximum Gasteiger partial charge on any atom is 0.174 e. The second kappa shape index (κ2) is 7.27. The van der Waals surface area contributed by atoms with E-state index in [0.29, 0.717) is 11.6 Å². The van der Waals surface area contributed by atoms with Crippen molar-refractivity contribution in [1.29, 1.82) is 0 Å². The van der Waals surface area contributed by atoms with Crippen LogP contribution in [0.3, 0.4) is 0 Å². The monoisotopic (exact) mass is 370 g/mol. The van der Waals surface area contributed by atoms with Crippen molar-refractivity contribution in [3.8, 4) is 17.3 Å². The molecule has 4 rings (SSSR count). The quantitative estimate of drug-likeness (QED) is 0.491. The summed E-state index contributed by atoms with van der Waals surface area (Å²) in [6.45, 7) is 6.58. The first-order valence-electron chi connectivity index (χ1n) is 9.21. The highest BCUT2D eigenvalue weighted by Gasteiger charge is 2.22. The molecule has 2 heterocycles. The summed E-state index contributed by atoms with van der Waals surface area (Å²) in [5, 5.41) is 8.13. The molecular weight excluding hydrogens is 348 g/mol. The lowest BCUT2D eigenvalue weighted by Gasteiger charge is -2.26. The summed E-state index contributed by atoms with van der Waals surface area (Å²) < 4.78 is 5.93. The van der Waals surface area contributed by atoms with Crippen LogP contribution in [0.1, 0.15) is 30.5 Å². The number of ether oxygens (including phenoxy) is 1. The Morgan fingerprint density at radius 3 is 1.89 bits per heavy atom. The van der Waals surface area contributed by atoms with Gasteiger partial charge in [-0.15, -0.1) is 4.80 Å². The molecule has 0 aliphatic carbocycles. The molecule has 0 spiro atoms. The summed E-state index contributed by atoms with van der Waals surface area (Å²) in [6, 6.07) is 20.6. The standard InChI is InChI=1S/C23H22N4O/c1-17-4-6-18(7-5-17)23(2,3)19-8-10-20(11-9-19)28-21-12-13-22(24-16-21)27-25-14-15-26-27/h4-16H,1-3H3. The molecule has 0 bridgehead atoms. The van der Waals surface area contributed by atoms with Gasteiger partial charge in [0, 0.05) is 5.41 Å². The summed E-state index contributed by atoms with van der Waals surface area (Å²) in [6.07, 6.45) is 4.90. The SMILES string of the molecule is Cc1ccc(C(C)(C)c2ccc(Oc3ccc(-n4nccn4)nc3)cc2)cc1. The van der Waals surface area contributed by atoms with Crippen LogP contribution in [-0.4, -0.2) is 20.0 Å². The van der Waals surface area contributed by atoms with Crippen molar-refractivity contribution in [2.24, 2.45) is 0 Å².